The molecule has 0 bridgehead atoms. The van der Waals surface area contributed by atoms with Crippen LogP contribution in [-0.4, -0.2) is 12.4 Å². The normalized spacial score (nSPS) is 10.2. The third-order valence-electron chi connectivity index (χ3n) is 3.24. The van der Waals surface area contributed by atoms with Crippen LogP contribution in [0.4, 0.5) is 0 Å². The van der Waals surface area contributed by atoms with Gasteiger partial charge in [-0.2, -0.15) is 0 Å². The van der Waals surface area contributed by atoms with E-state index in [1.165, 1.54) is 5.56 Å². The summed E-state index contributed by atoms with van der Waals surface area (Å²) in [6.45, 7) is 4.50. The van der Waals surface area contributed by atoms with E-state index >= 15 is 0 Å². The summed E-state index contributed by atoms with van der Waals surface area (Å²) < 4.78 is 5.69. The van der Waals surface area contributed by atoms with Gasteiger partial charge in [-0.15, -0.1) is 0 Å². The van der Waals surface area contributed by atoms with Crippen LogP contribution in [0.1, 0.15) is 27.9 Å². The summed E-state index contributed by atoms with van der Waals surface area (Å²) in [4.78, 5) is 11.9. The first-order chi connectivity index (χ1) is 9.18. The van der Waals surface area contributed by atoms with Crippen molar-refractivity contribution < 1.29 is 9.53 Å². The van der Waals surface area contributed by atoms with E-state index < -0.39 is 0 Å². The molecule has 0 spiro atoms. The Labute approximate surface area is 114 Å². The van der Waals surface area contributed by atoms with Crippen molar-refractivity contribution in [1.29, 1.82) is 0 Å². The molecule has 0 saturated carbocycles. The third kappa shape index (κ3) is 3.44. The smallest absolute Gasteiger partial charge is 0.166 e. The Morgan fingerprint density at radius 3 is 2.47 bits per heavy atom. The van der Waals surface area contributed by atoms with Crippen LogP contribution in [0.15, 0.2) is 48.5 Å². The molecular weight excluding hydrogens is 236 g/mol. The summed E-state index contributed by atoms with van der Waals surface area (Å²) in [5.41, 5.74) is 3.08. The van der Waals surface area contributed by atoms with Crippen LogP contribution < -0.4 is 4.74 Å². The van der Waals surface area contributed by atoms with Gasteiger partial charge in [-0.05, 0) is 31.0 Å². The molecule has 0 saturated heterocycles. The lowest BCUT2D eigenvalue weighted by molar-refractivity contribution is 0.0962. The van der Waals surface area contributed by atoms with Crippen LogP contribution in [-0.2, 0) is 0 Å². The van der Waals surface area contributed by atoms with Crippen molar-refractivity contribution in [2.24, 2.45) is 0 Å². The molecule has 0 heterocycles. The van der Waals surface area contributed by atoms with Crippen LogP contribution in [0.5, 0.6) is 5.75 Å². The first kappa shape index (κ1) is 13.3. The summed E-state index contributed by atoms with van der Waals surface area (Å²) in [6.07, 6.45) is 0.400. The van der Waals surface area contributed by atoms with Crippen LogP contribution in [0.25, 0.3) is 0 Å². The zero-order valence-corrected chi connectivity index (χ0v) is 11.3. The minimum absolute atomic E-state index is 0.117. The number of carbonyl (C=O) groups is 1. The van der Waals surface area contributed by atoms with Crippen molar-refractivity contribution in [2.45, 2.75) is 20.3 Å². The standard InChI is InChI=1S/C17H18O2/c1-13-7-6-10-17(14(13)2)19-12-11-16(18)15-8-4-3-5-9-15/h3-10H,11-12H2,1-2H3. The summed E-state index contributed by atoms with van der Waals surface area (Å²) in [5, 5.41) is 0. The quantitative estimate of drug-likeness (QED) is 0.755. The molecule has 0 amide bonds. The highest BCUT2D eigenvalue weighted by atomic mass is 16.5. The molecule has 0 aliphatic carbocycles. The average Bonchev–Trinajstić information content (AvgIpc) is 2.44. The lowest BCUT2D eigenvalue weighted by Gasteiger charge is -2.10. The number of rotatable bonds is 5. The number of Topliss-reactive ketones (excluding diaryl/α,β-unsaturated/α-hetero) is 1. The Kier molecular flexibility index (Phi) is 4.35. The van der Waals surface area contributed by atoms with Crippen molar-refractivity contribution >= 4 is 5.78 Å². The maximum Gasteiger partial charge on any atom is 0.166 e. The van der Waals surface area contributed by atoms with E-state index in [0.717, 1.165) is 16.9 Å². The molecule has 2 heteroatoms. The van der Waals surface area contributed by atoms with Gasteiger partial charge >= 0.3 is 0 Å². The molecule has 0 fully saturated rings. The van der Waals surface area contributed by atoms with Crippen molar-refractivity contribution in [3.63, 3.8) is 0 Å². The second-order valence-electron chi connectivity index (χ2n) is 4.59. The number of aryl methyl sites for hydroxylation is 1. The molecule has 19 heavy (non-hydrogen) atoms. The molecule has 2 rings (SSSR count). The van der Waals surface area contributed by atoms with E-state index in [-0.39, 0.29) is 5.78 Å². The lowest BCUT2D eigenvalue weighted by Crippen LogP contribution is -2.07. The van der Waals surface area contributed by atoms with Crippen LogP contribution in [0.2, 0.25) is 0 Å². The van der Waals surface area contributed by atoms with Crippen molar-refractivity contribution in [2.75, 3.05) is 6.61 Å². The fourth-order valence-electron chi connectivity index (χ4n) is 1.90. The first-order valence-corrected chi connectivity index (χ1v) is 6.46. The summed E-state index contributed by atoms with van der Waals surface area (Å²) >= 11 is 0. The minimum Gasteiger partial charge on any atom is -0.493 e. The molecule has 0 aliphatic rings. The molecule has 0 aromatic heterocycles. The predicted octanol–water partition coefficient (Wildman–Crippen LogP) is 3.96. The summed E-state index contributed by atoms with van der Waals surface area (Å²) in [6, 6.07) is 15.3. The maximum absolute atomic E-state index is 11.9. The second kappa shape index (κ2) is 6.19. The molecule has 98 valence electrons. The van der Waals surface area contributed by atoms with Gasteiger partial charge in [0.05, 0.1) is 6.61 Å². The summed E-state index contributed by atoms with van der Waals surface area (Å²) in [7, 11) is 0. The number of ketones is 1. The van der Waals surface area contributed by atoms with Crippen LogP contribution >= 0.6 is 0 Å². The van der Waals surface area contributed by atoms with E-state index in [9.17, 15) is 4.79 Å². The van der Waals surface area contributed by atoms with Gasteiger partial charge in [-0.25, -0.2) is 0 Å². The highest BCUT2D eigenvalue weighted by Gasteiger charge is 2.06. The SMILES string of the molecule is Cc1cccc(OCCC(=O)c2ccccc2)c1C. The highest BCUT2D eigenvalue weighted by molar-refractivity contribution is 5.96. The van der Waals surface area contributed by atoms with Gasteiger partial charge in [-0.3, -0.25) is 4.79 Å². The minimum atomic E-state index is 0.117. The van der Waals surface area contributed by atoms with E-state index in [0.29, 0.717) is 13.0 Å². The monoisotopic (exact) mass is 254 g/mol. The Balaban J connectivity index is 1.90. The largest absolute Gasteiger partial charge is 0.493 e. The van der Waals surface area contributed by atoms with Gasteiger partial charge in [0.1, 0.15) is 5.75 Å². The first-order valence-electron chi connectivity index (χ1n) is 6.46. The Morgan fingerprint density at radius 2 is 1.74 bits per heavy atom. The fraction of sp³-hybridized carbons (Fsp3) is 0.235. The zero-order chi connectivity index (χ0) is 13.7. The number of hydrogen-bond acceptors (Lipinski definition) is 2. The van der Waals surface area contributed by atoms with Crippen molar-refractivity contribution in [1.82, 2.24) is 0 Å². The Bertz CT molecular complexity index is 559. The topological polar surface area (TPSA) is 26.3 Å². The van der Waals surface area contributed by atoms with Gasteiger partial charge in [0, 0.05) is 12.0 Å². The predicted molar refractivity (Wildman–Crippen MR) is 76.8 cm³/mol. The molecule has 2 nitrogen and oxygen atoms in total. The molecule has 0 aliphatic heterocycles. The molecule has 0 atom stereocenters. The molecule has 0 unspecified atom stereocenters. The fourth-order valence-corrected chi connectivity index (χ4v) is 1.90. The molecule has 0 radical (unpaired) electrons. The van der Waals surface area contributed by atoms with Crippen LogP contribution in [0.3, 0.4) is 0 Å². The van der Waals surface area contributed by atoms with Crippen molar-refractivity contribution in [3.8, 4) is 5.75 Å². The maximum atomic E-state index is 11.9. The molecule has 2 aromatic rings. The third-order valence-corrected chi connectivity index (χ3v) is 3.24. The molecule has 2 aromatic carbocycles. The van der Waals surface area contributed by atoms with E-state index in [4.69, 9.17) is 4.74 Å². The van der Waals surface area contributed by atoms with Gasteiger partial charge in [0.25, 0.3) is 0 Å². The van der Waals surface area contributed by atoms with E-state index in [1.807, 2.05) is 49.4 Å². The number of benzene rings is 2. The van der Waals surface area contributed by atoms with Gasteiger partial charge < -0.3 is 4.74 Å². The zero-order valence-electron chi connectivity index (χ0n) is 11.3. The highest BCUT2D eigenvalue weighted by Crippen LogP contribution is 2.20. The Hall–Kier alpha value is -2.09. The number of carbonyl (C=O) groups excluding carboxylic acids is 1. The summed E-state index contributed by atoms with van der Waals surface area (Å²) in [5.74, 6) is 0.978. The number of ether oxygens (including phenoxy) is 1. The van der Waals surface area contributed by atoms with Gasteiger partial charge in [0.15, 0.2) is 5.78 Å². The number of hydrogen-bond donors (Lipinski definition) is 0. The van der Waals surface area contributed by atoms with E-state index in [2.05, 4.69) is 13.0 Å². The van der Waals surface area contributed by atoms with Gasteiger partial charge in [0.2, 0.25) is 0 Å². The molecular formula is C17H18O2. The lowest BCUT2D eigenvalue weighted by atomic mass is 10.1. The van der Waals surface area contributed by atoms with Crippen molar-refractivity contribution in [3.05, 3.63) is 65.2 Å². The van der Waals surface area contributed by atoms with E-state index in [1.54, 1.807) is 0 Å². The second-order valence-corrected chi connectivity index (χ2v) is 4.59. The molecule has 0 N–H and O–H groups in total. The average molecular weight is 254 g/mol. The van der Waals surface area contributed by atoms with Crippen LogP contribution in [0, 0.1) is 13.8 Å². The van der Waals surface area contributed by atoms with Gasteiger partial charge in [-0.1, -0.05) is 42.5 Å². The Morgan fingerprint density at radius 1 is 1.00 bits per heavy atom.